The Labute approximate surface area is 205 Å². The number of halogens is 2. The van der Waals surface area contributed by atoms with Crippen molar-refractivity contribution in [3.63, 3.8) is 0 Å². The van der Waals surface area contributed by atoms with Crippen molar-refractivity contribution >= 4 is 29.2 Å². The quantitative estimate of drug-likeness (QED) is 0.216. The first-order valence-electron chi connectivity index (χ1n) is 11.7. The molecule has 1 saturated carbocycles. The number of hydrogen-bond donors (Lipinski definition) is 3. The number of pyridine rings is 2. The van der Waals surface area contributed by atoms with Crippen LogP contribution in [0.4, 0.5) is 14.6 Å². The summed E-state index contributed by atoms with van der Waals surface area (Å²) in [5, 5.41) is 13.0. The minimum Gasteiger partial charge on any atom is -0.358 e. The molecule has 0 atom stereocenters. The summed E-state index contributed by atoms with van der Waals surface area (Å²) in [6.07, 6.45) is 8.59. The fourth-order valence-electron chi connectivity index (χ4n) is 4.06. The van der Waals surface area contributed by atoms with Crippen molar-refractivity contribution in [3.8, 4) is 5.69 Å². The lowest BCUT2D eigenvalue weighted by Gasteiger charge is -2.15. The zero-order chi connectivity index (χ0) is 25.1. The second-order valence-corrected chi connectivity index (χ2v) is 8.99. The summed E-state index contributed by atoms with van der Waals surface area (Å²) in [7, 11) is 0. The molecule has 1 aliphatic carbocycles. The van der Waals surface area contributed by atoms with E-state index in [0.29, 0.717) is 40.6 Å². The Morgan fingerprint density at radius 3 is 2.86 bits per heavy atom. The van der Waals surface area contributed by atoms with Crippen molar-refractivity contribution in [1.29, 1.82) is 0 Å². The number of rotatable bonds is 11. The summed E-state index contributed by atoms with van der Waals surface area (Å²) in [6, 6.07) is 7.23. The van der Waals surface area contributed by atoms with E-state index >= 15 is 0 Å². The highest BCUT2D eigenvalue weighted by Gasteiger charge is 2.28. The second-order valence-electron chi connectivity index (χ2n) is 8.99. The van der Waals surface area contributed by atoms with Gasteiger partial charge in [-0.15, -0.1) is 0 Å². The number of fused-ring (bicyclic) bond motifs is 1. The Morgan fingerprint density at radius 2 is 2.06 bits per heavy atom. The number of hydrogen-bond acceptors (Lipinski definition) is 5. The molecule has 0 aliphatic heterocycles. The van der Waals surface area contributed by atoms with E-state index in [2.05, 4.69) is 30.8 Å². The Hall–Kier alpha value is -4.15. The van der Waals surface area contributed by atoms with Crippen molar-refractivity contribution in [1.82, 2.24) is 30.0 Å². The second kappa shape index (κ2) is 9.84. The molecule has 0 unspecified atom stereocenters. The maximum Gasteiger partial charge on any atom is 0.258 e. The minimum atomic E-state index is -2.88. The largest absolute Gasteiger partial charge is 0.358 e. The van der Waals surface area contributed by atoms with E-state index in [0.717, 1.165) is 23.9 Å². The van der Waals surface area contributed by atoms with E-state index in [1.807, 2.05) is 18.2 Å². The molecule has 4 aromatic heterocycles. The number of aryl methyl sites for hydroxylation is 1. The summed E-state index contributed by atoms with van der Waals surface area (Å²) < 4.78 is 29.8. The van der Waals surface area contributed by atoms with Crippen LogP contribution in [-0.2, 0) is 11.2 Å². The SMILES string of the molecule is O=CNCCC(F)(F)CCc1cnc2c(ccn2-c2cncc(C(=O)Nc3cc(C4CC4)[nH]n3)c2)c1. The molecule has 186 valence electrons. The van der Waals surface area contributed by atoms with Crippen molar-refractivity contribution in [2.24, 2.45) is 0 Å². The predicted molar refractivity (Wildman–Crippen MR) is 129 cm³/mol. The van der Waals surface area contributed by atoms with Crippen molar-refractivity contribution in [3.05, 3.63) is 65.9 Å². The maximum atomic E-state index is 14.0. The summed E-state index contributed by atoms with van der Waals surface area (Å²) in [4.78, 5) is 31.7. The highest BCUT2D eigenvalue weighted by molar-refractivity contribution is 6.04. The monoisotopic (exact) mass is 493 g/mol. The minimum absolute atomic E-state index is 0.0645. The average Bonchev–Trinajstić information content (AvgIpc) is 3.47. The van der Waals surface area contributed by atoms with Gasteiger partial charge in [0.1, 0.15) is 5.65 Å². The molecule has 4 heterocycles. The predicted octanol–water partition coefficient (Wildman–Crippen LogP) is 3.98. The zero-order valence-electron chi connectivity index (χ0n) is 19.4. The van der Waals surface area contributed by atoms with E-state index in [1.54, 1.807) is 29.2 Å². The molecule has 0 bridgehead atoms. The van der Waals surface area contributed by atoms with Gasteiger partial charge in [0, 0.05) is 61.0 Å². The number of H-pyrrole nitrogens is 1. The number of anilines is 1. The summed E-state index contributed by atoms with van der Waals surface area (Å²) in [5.41, 5.74) is 3.36. The van der Waals surface area contributed by atoms with Gasteiger partial charge >= 0.3 is 0 Å². The van der Waals surface area contributed by atoms with Gasteiger partial charge in [0.05, 0.1) is 17.4 Å². The number of nitrogens with zero attached hydrogens (tertiary/aromatic N) is 4. The number of aromatic amines is 1. The fourth-order valence-corrected chi connectivity index (χ4v) is 4.06. The van der Waals surface area contributed by atoms with Gasteiger partial charge in [0.15, 0.2) is 5.82 Å². The van der Waals surface area contributed by atoms with Gasteiger partial charge in [-0.25, -0.2) is 13.8 Å². The molecule has 1 fully saturated rings. The highest BCUT2D eigenvalue weighted by atomic mass is 19.3. The van der Waals surface area contributed by atoms with Gasteiger partial charge in [-0.3, -0.25) is 24.2 Å². The smallest absolute Gasteiger partial charge is 0.258 e. The first kappa shape index (κ1) is 23.6. The van der Waals surface area contributed by atoms with Crippen LogP contribution in [0.25, 0.3) is 16.7 Å². The van der Waals surface area contributed by atoms with Gasteiger partial charge in [0.2, 0.25) is 12.3 Å². The lowest BCUT2D eigenvalue weighted by molar-refractivity contribution is -0.109. The van der Waals surface area contributed by atoms with Crippen LogP contribution in [0.1, 0.15) is 53.2 Å². The average molecular weight is 494 g/mol. The molecule has 4 aromatic rings. The first-order valence-corrected chi connectivity index (χ1v) is 11.7. The molecule has 11 heteroatoms. The number of carbonyl (C=O) groups excluding carboxylic acids is 2. The summed E-state index contributed by atoms with van der Waals surface area (Å²) >= 11 is 0. The van der Waals surface area contributed by atoms with E-state index in [1.165, 1.54) is 6.20 Å². The Bertz CT molecular complexity index is 1390. The Morgan fingerprint density at radius 1 is 1.19 bits per heavy atom. The Kier molecular flexibility index (Phi) is 6.45. The van der Waals surface area contributed by atoms with Crippen molar-refractivity contribution in [2.75, 3.05) is 11.9 Å². The number of alkyl halides is 2. The van der Waals surface area contributed by atoms with Crippen LogP contribution in [0, 0.1) is 0 Å². The van der Waals surface area contributed by atoms with Crippen molar-refractivity contribution in [2.45, 2.75) is 43.9 Å². The highest BCUT2D eigenvalue weighted by Crippen LogP contribution is 2.39. The standard InChI is InChI=1S/C25H25F2N7O2/c26-25(27,6-7-28-15-35)5-3-16-9-18-4-8-34(23(18)30-12-16)20-10-19(13-29-14-20)24(36)31-22-11-21(32-33-22)17-1-2-17/h4,8-15,17H,1-3,5-7H2,(H,28,35)(H2,31,32,33,36). The first-order chi connectivity index (χ1) is 17.4. The van der Waals surface area contributed by atoms with E-state index in [4.69, 9.17) is 0 Å². The third-order valence-corrected chi connectivity index (χ3v) is 6.20. The maximum absolute atomic E-state index is 14.0. The number of carbonyl (C=O) groups is 2. The molecular formula is C25H25F2N7O2. The molecular weight excluding hydrogens is 468 g/mol. The molecule has 0 aromatic carbocycles. The molecule has 0 spiro atoms. The third kappa shape index (κ3) is 5.40. The van der Waals surface area contributed by atoms with Crippen LogP contribution in [0.15, 0.2) is 49.1 Å². The number of nitrogens with one attached hydrogen (secondary N) is 3. The van der Waals surface area contributed by atoms with E-state index < -0.39 is 12.3 Å². The summed E-state index contributed by atoms with van der Waals surface area (Å²) in [5.74, 6) is -2.23. The molecule has 2 amide bonds. The zero-order valence-corrected chi connectivity index (χ0v) is 19.4. The summed E-state index contributed by atoms with van der Waals surface area (Å²) in [6.45, 7) is -0.0645. The fraction of sp³-hybridized carbons (Fsp3) is 0.320. The van der Waals surface area contributed by atoms with Gasteiger partial charge in [-0.2, -0.15) is 5.10 Å². The van der Waals surface area contributed by atoms with Crippen LogP contribution < -0.4 is 10.6 Å². The van der Waals surface area contributed by atoms with Gasteiger partial charge < -0.3 is 10.6 Å². The van der Waals surface area contributed by atoms with Crippen LogP contribution in [0.3, 0.4) is 0 Å². The molecule has 9 nitrogen and oxygen atoms in total. The lowest BCUT2D eigenvalue weighted by atomic mass is 10.0. The van der Waals surface area contributed by atoms with E-state index in [-0.39, 0.29) is 25.3 Å². The topological polar surface area (TPSA) is 118 Å². The van der Waals surface area contributed by atoms with Gasteiger partial charge in [0.25, 0.3) is 5.91 Å². The number of aromatic nitrogens is 5. The lowest BCUT2D eigenvalue weighted by Crippen LogP contribution is -2.24. The molecule has 0 saturated heterocycles. The van der Waals surface area contributed by atoms with Gasteiger partial charge in [-0.1, -0.05) is 0 Å². The molecule has 0 radical (unpaired) electrons. The molecule has 5 rings (SSSR count). The number of amides is 2. The van der Waals surface area contributed by atoms with Gasteiger partial charge in [-0.05, 0) is 43.0 Å². The Balaban J connectivity index is 1.28. The molecule has 36 heavy (non-hydrogen) atoms. The van der Waals surface area contributed by atoms with Crippen LogP contribution in [0.2, 0.25) is 0 Å². The van der Waals surface area contributed by atoms with Crippen LogP contribution in [0.5, 0.6) is 0 Å². The van der Waals surface area contributed by atoms with Crippen molar-refractivity contribution < 1.29 is 18.4 Å². The van der Waals surface area contributed by atoms with Crippen LogP contribution in [-0.4, -0.2) is 49.5 Å². The third-order valence-electron chi connectivity index (χ3n) is 6.20. The van der Waals surface area contributed by atoms with E-state index in [9.17, 15) is 18.4 Å². The molecule has 1 aliphatic rings. The molecule has 3 N–H and O–H groups in total. The van der Waals surface area contributed by atoms with Crippen LogP contribution >= 0.6 is 0 Å². The normalized spacial score (nSPS) is 13.6.